The number of anilines is 2. The highest BCUT2D eigenvalue weighted by Crippen LogP contribution is 2.30. The van der Waals surface area contributed by atoms with E-state index in [1.165, 1.54) is 5.56 Å². The van der Waals surface area contributed by atoms with Crippen LogP contribution < -0.4 is 10.6 Å². The number of carbonyl (C=O) groups excluding carboxylic acids is 1. The van der Waals surface area contributed by atoms with Crippen LogP contribution >= 0.6 is 0 Å². The fourth-order valence-corrected chi connectivity index (χ4v) is 3.94. The zero-order chi connectivity index (χ0) is 26.2. The molecule has 192 valence electrons. The monoisotopic (exact) mass is 498 g/mol. The Bertz CT molecular complexity index is 1300. The van der Waals surface area contributed by atoms with Crippen molar-refractivity contribution in [2.24, 2.45) is 5.92 Å². The second-order valence-electron chi connectivity index (χ2n) is 8.89. The van der Waals surface area contributed by atoms with Crippen molar-refractivity contribution >= 4 is 17.4 Å². The smallest absolute Gasteiger partial charge is 0.232 e. The highest BCUT2D eigenvalue weighted by atomic mass is 16.5. The molecule has 0 aliphatic carbocycles. The van der Waals surface area contributed by atoms with Gasteiger partial charge in [0.1, 0.15) is 5.69 Å². The van der Waals surface area contributed by atoms with Crippen molar-refractivity contribution < 1.29 is 9.53 Å². The largest absolute Gasteiger partial charge is 0.380 e. The van der Waals surface area contributed by atoms with Gasteiger partial charge in [-0.1, -0.05) is 64.1 Å². The maximum atomic E-state index is 12.6. The number of nitrogens with one attached hydrogen (secondary N) is 2. The van der Waals surface area contributed by atoms with Gasteiger partial charge in [0.05, 0.1) is 31.0 Å². The van der Waals surface area contributed by atoms with Crippen molar-refractivity contribution in [3.63, 3.8) is 0 Å². The number of nitrogens with zero attached hydrogens (tertiary/aromatic N) is 4. The van der Waals surface area contributed by atoms with Gasteiger partial charge in [0.15, 0.2) is 11.6 Å². The lowest BCUT2D eigenvalue weighted by atomic mass is 9.97. The summed E-state index contributed by atoms with van der Waals surface area (Å²) in [7, 11) is 0. The highest BCUT2D eigenvalue weighted by molar-refractivity contribution is 5.95. The second kappa shape index (κ2) is 12.3. The molecule has 2 aromatic heterocycles. The molecule has 0 spiro atoms. The third kappa shape index (κ3) is 6.21. The van der Waals surface area contributed by atoms with Crippen LogP contribution in [0.5, 0.6) is 0 Å². The molecule has 0 saturated carbocycles. The summed E-state index contributed by atoms with van der Waals surface area (Å²) in [4.78, 5) is 22.0. The van der Waals surface area contributed by atoms with Crippen LogP contribution in [0.25, 0.3) is 17.1 Å². The first kappa shape index (κ1) is 26.0. The van der Waals surface area contributed by atoms with E-state index < -0.39 is 0 Å². The maximum Gasteiger partial charge on any atom is 0.232 e. The average Bonchev–Trinajstić information content (AvgIpc) is 3.44. The Kier molecular flexibility index (Phi) is 8.64. The Balaban J connectivity index is 0.00000156. The Morgan fingerprint density at radius 1 is 1.08 bits per heavy atom. The first-order valence-electron chi connectivity index (χ1n) is 12.8. The minimum absolute atomic E-state index is 0.0817. The Hall–Kier alpha value is -4.04. The number of aromatic nitrogens is 4. The molecule has 0 atom stereocenters. The molecular weight excluding hydrogens is 464 g/mol. The highest BCUT2D eigenvalue weighted by Gasteiger charge is 2.27. The number of hydrogen-bond donors (Lipinski definition) is 2. The van der Waals surface area contributed by atoms with Crippen LogP contribution in [0.1, 0.15) is 44.7 Å². The SMILES string of the molecule is CC.CC(C)c1ccccc1-c1ncc(NC(=O)C2COC2)c(NCc2ccc(-n3cccn3)cc2)n1. The number of amides is 1. The predicted molar refractivity (Wildman–Crippen MR) is 147 cm³/mol. The first-order chi connectivity index (χ1) is 18.1. The lowest BCUT2D eigenvalue weighted by Crippen LogP contribution is -2.38. The predicted octanol–water partition coefficient (Wildman–Crippen LogP) is 5.68. The van der Waals surface area contributed by atoms with E-state index in [9.17, 15) is 4.79 Å². The summed E-state index contributed by atoms with van der Waals surface area (Å²) >= 11 is 0. The molecule has 8 nitrogen and oxygen atoms in total. The van der Waals surface area contributed by atoms with Crippen molar-refractivity contribution in [2.75, 3.05) is 23.8 Å². The normalized spacial score (nSPS) is 12.9. The van der Waals surface area contributed by atoms with Crippen LogP contribution in [0, 0.1) is 5.92 Å². The fraction of sp³-hybridized carbons (Fsp3) is 0.310. The Morgan fingerprint density at radius 2 is 1.84 bits per heavy atom. The zero-order valence-corrected chi connectivity index (χ0v) is 21.8. The van der Waals surface area contributed by atoms with Gasteiger partial charge in [-0.3, -0.25) is 4.79 Å². The number of rotatable bonds is 8. The fourth-order valence-electron chi connectivity index (χ4n) is 3.94. The minimum Gasteiger partial charge on any atom is -0.380 e. The molecule has 1 aliphatic heterocycles. The molecule has 2 aromatic carbocycles. The summed E-state index contributed by atoms with van der Waals surface area (Å²) in [5, 5.41) is 10.6. The van der Waals surface area contributed by atoms with Crippen LogP contribution in [0.3, 0.4) is 0 Å². The maximum absolute atomic E-state index is 12.6. The van der Waals surface area contributed by atoms with Gasteiger partial charge in [-0.25, -0.2) is 14.6 Å². The summed E-state index contributed by atoms with van der Waals surface area (Å²) in [6.45, 7) is 9.73. The third-order valence-electron chi connectivity index (χ3n) is 6.04. The van der Waals surface area contributed by atoms with E-state index in [2.05, 4.69) is 40.6 Å². The number of carbonyl (C=O) groups is 1. The lowest BCUT2D eigenvalue weighted by Gasteiger charge is -2.25. The topological polar surface area (TPSA) is 94.0 Å². The van der Waals surface area contributed by atoms with Gasteiger partial charge in [-0.05, 0) is 35.2 Å². The van der Waals surface area contributed by atoms with E-state index in [1.807, 2.05) is 73.3 Å². The van der Waals surface area contributed by atoms with Crippen LogP contribution in [0.15, 0.2) is 73.2 Å². The summed E-state index contributed by atoms with van der Waals surface area (Å²) < 4.78 is 6.98. The number of benzene rings is 2. The van der Waals surface area contributed by atoms with E-state index in [-0.39, 0.29) is 11.8 Å². The second-order valence-corrected chi connectivity index (χ2v) is 8.89. The quantitative estimate of drug-likeness (QED) is 0.325. The molecule has 1 fully saturated rings. The molecule has 3 heterocycles. The first-order valence-corrected chi connectivity index (χ1v) is 12.8. The minimum atomic E-state index is -0.140. The van der Waals surface area contributed by atoms with Crippen LogP contribution in [-0.2, 0) is 16.1 Å². The molecule has 4 aromatic rings. The molecule has 1 amide bonds. The molecule has 1 saturated heterocycles. The van der Waals surface area contributed by atoms with Crippen LogP contribution in [0.2, 0.25) is 0 Å². The van der Waals surface area contributed by atoms with E-state index in [0.717, 1.165) is 16.8 Å². The van der Waals surface area contributed by atoms with Crippen molar-refractivity contribution in [1.29, 1.82) is 0 Å². The van der Waals surface area contributed by atoms with Gasteiger partial charge in [-0.15, -0.1) is 0 Å². The van der Waals surface area contributed by atoms with E-state index >= 15 is 0 Å². The summed E-state index contributed by atoms with van der Waals surface area (Å²) in [5.74, 6) is 1.31. The molecule has 1 aliphatic rings. The van der Waals surface area contributed by atoms with Crippen molar-refractivity contribution in [1.82, 2.24) is 19.7 Å². The van der Waals surface area contributed by atoms with Crippen LogP contribution in [0.4, 0.5) is 11.5 Å². The molecule has 0 bridgehead atoms. The van der Waals surface area contributed by atoms with Gasteiger partial charge in [0.2, 0.25) is 5.91 Å². The molecule has 0 radical (unpaired) electrons. The molecule has 37 heavy (non-hydrogen) atoms. The van der Waals surface area contributed by atoms with Gasteiger partial charge in [0.25, 0.3) is 0 Å². The van der Waals surface area contributed by atoms with Crippen molar-refractivity contribution in [3.05, 3.63) is 84.3 Å². The van der Waals surface area contributed by atoms with Gasteiger partial charge in [0, 0.05) is 24.5 Å². The van der Waals surface area contributed by atoms with Gasteiger partial charge < -0.3 is 15.4 Å². The molecule has 2 N–H and O–H groups in total. The zero-order valence-electron chi connectivity index (χ0n) is 21.8. The number of hydrogen-bond acceptors (Lipinski definition) is 6. The van der Waals surface area contributed by atoms with E-state index in [0.29, 0.717) is 43.0 Å². The summed E-state index contributed by atoms with van der Waals surface area (Å²) in [5.41, 5.74) is 4.79. The lowest BCUT2D eigenvalue weighted by molar-refractivity contribution is -0.133. The van der Waals surface area contributed by atoms with Gasteiger partial charge in [-0.2, -0.15) is 5.10 Å². The standard InChI is InChI=1S/C27H28N6O2.C2H6/c1-18(2)22-6-3-4-7-23(22)25-29-15-24(31-27(34)20-16-35-17-20)26(32-25)28-14-19-8-10-21(11-9-19)33-13-5-12-30-33;1-2/h3-13,15,18,20H,14,16-17H2,1-2H3,(H,31,34)(H,28,29,32);1-2H3. The Morgan fingerprint density at radius 3 is 2.49 bits per heavy atom. The third-order valence-corrected chi connectivity index (χ3v) is 6.04. The summed E-state index contributed by atoms with van der Waals surface area (Å²) in [6, 6.07) is 18.2. The summed E-state index contributed by atoms with van der Waals surface area (Å²) in [6.07, 6.45) is 5.35. The Labute approximate surface area is 218 Å². The average molecular weight is 499 g/mol. The van der Waals surface area contributed by atoms with E-state index in [1.54, 1.807) is 12.4 Å². The molecule has 8 heteroatoms. The molecule has 0 unspecified atom stereocenters. The van der Waals surface area contributed by atoms with Gasteiger partial charge >= 0.3 is 0 Å². The molecular formula is C29H34N6O2. The number of ether oxygens (including phenoxy) is 1. The van der Waals surface area contributed by atoms with Crippen molar-refractivity contribution in [2.45, 2.75) is 40.2 Å². The van der Waals surface area contributed by atoms with Crippen LogP contribution in [-0.4, -0.2) is 38.9 Å². The van der Waals surface area contributed by atoms with E-state index in [4.69, 9.17) is 9.72 Å². The van der Waals surface area contributed by atoms with Crippen molar-refractivity contribution in [3.8, 4) is 17.1 Å². The molecule has 5 rings (SSSR count).